The monoisotopic (exact) mass is 313 g/mol. The van der Waals surface area contributed by atoms with E-state index < -0.39 is 5.97 Å². The van der Waals surface area contributed by atoms with E-state index in [9.17, 15) is 0 Å². The number of fused-ring (bicyclic) bond motifs is 1. The molecular weight excluding hydrogens is 294 g/mol. The second kappa shape index (κ2) is 5.66. The van der Waals surface area contributed by atoms with Crippen LogP contribution in [0.2, 0.25) is 0 Å². The van der Waals surface area contributed by atoms with Crippen LogP contribution in [-0.4, -0.2) is 37.7 Å². The lowest BCUT2D eigenvalue weighted by Gasteiger charge is -2.25. The Hall–Kier alpha value is -2.41. The van der Waals surface area contributed by atoms with Crippen LogP contribution in [0.3, 0.4) is 0 Å². The molecule has 23 heavy (non-hydrogen) atoms. The van der Waals surface area contributed by atoms with E-state index in [1.165, 1.54) is 12.1 Å². The number of nitrogens with zero attached hydrogens (tertiary/aromatic N) is 3. The lowest BCUT2D eigenvalue weighted by atomic mass is 10.1. The van der Waals surface area contributed by atoms with Crippen molar-refractivity contribution in [2.24, 2.45) is 12.1 Å². The third-order valence-corrected chi connectivity index (χ3v) is 3.98. The number of rotatable bonds is 4. The zero-order valence-electron chi connectivity index (χ0n) is 12.8. The van der Waals surface area contributed by atoms with Gasteiger partial charge in [-0.05, 0) is 18.1 Å². The molecule has 3 rings (SSSR count). The fraction of sp³-hybridized carbons (Fsp3) is 0.235. The molecule has 1 aromatic heterocycles. The standard InChI is InChI=1S/C17H19N3O3/c1-12-16-14(8-9-19(16)2)11-18-20(12)10-7-13-3-5-15(6-4-13)17(21,22)23/h3-6,8-9,11,21-23H,1,7,10H2,2H3. The second-order valence-corrected chi connectivity index (χ2v) is 5.63. The normalized spacial score (nSPS) is 14.3. The number of hydrogen-bond donors (Lipinski definition) is 3. The fourth-order valence-electron chi connectivity index (χ4n) is 2.67. The number of hydrazone groups is 1. The van der Waals surface area contributed by atoms with Crippen LogP contribution in [0.4, 0.5) is 0 Å². The second-order valence-electron chi connectivity index (χ2n) is 5.63. The van der Waals surface area contributed by atoms with E-state index in [4.69, 9.17) is 15.3 Å². The highest BCUT2D eigenvalue weighted by atomic mass is 16.7. The Bertz CT molecular complexity index is 754. The molecule has 2 aromatic rings. The van der Waals surface area contributed by atoms with E-state index in [1.54, 1.807) is 12.1 Å². The number of hydrogen-bond acceptors (Lipinski definition) is 5. The predicted molar refractivity (Wildman–Crippen MR) is 87.2 cm³/mol. The number of aryl methyl sites for hydroxylation is 1. The molecule has 1 aliphatic rings. The highest BCUT2D eigenvalue weighted by Gasteiger charge is 2.21. The molecule has 0 amide bonds. The van der Waals surface area contributed by atoms with Crippen molar-refractivity contribution in [3.05, 3.63) is 65.5 Å². The maximum atomic E-state index is 9.12. The van der Waals surface area contributed by atoms with Crippen LogP contribution in [0.5, 0.6) is 0 Å². The van der Waals surface area contributed by atoms with E-state index in [0.29, 0.717) is 13.0 Å². The van der Waals surface area contributed by atoms with Crippen LogP contribution in [0, 0.1) is 0 Å². The molecule has 0 saturated heterocycles. The van der Waals surface area contributed by atoms with Crippen LogP contribution < -0.4 is 0 Å². The highest BCUT2D eigenvalue weighted by molar-refractivity contribution is 5.89. The lowest BCUT2D eigenvalue weighted by Crippen LogP contribution is -2.24. The van der Waals surface area contributed by atoms with Crippen molar-refractivity contribution in [1.82, 2.24) is 9.58 Å². The maximum Gasteiger partial charge on any atom is 0.304 e. The summed E-state index contributed by atoms with van der Waals surface area (Å²) in [6.07, 6.45) is 4.52. The van der Waals surface area contributed by atoms with Gasteiger partial charge < -0.3 is 19.9 Å². The first-order valence-electron chi connectivity index (χ1n) is 7.29. The summed E-state index contributed by atoms with van der Waals surface area (Å²) in [4.78, 5) is 0. The maximum absolute atomic E-state index is 9.12. The number of aliphatic hydroxyl groups is 3. The van der Waals surface area contributed by atoms with Crippen LogP contribution in [0.1, 0.15) is 22.4 Å². The summed E-state index contributed by atoms with van der Waals surface area (Å²) in [5, 5.41) is 33.6. The average Bonchev–Trinajstić information content (AvgIpc) is 2.88. The van der Waals surface area contributed by atoms with E-state index in [1.807, 2.05) is 35.1 Å². The molecule has 6 heteroatoms. The summed E-state index contributed by atoms with van der Waals surface area (Å²) in [6.45, 7) is 4.78. The zero-order chi connectivity index (χ0) is 16.6. The van der Waals surface area contributed by atoms with Gasteiger partial charge in [-0.1, -0.05) is 30.8 Å². The molecular formula is C17H19N3O3. The van der Waals surface area contributed by atoms with E-state index in [0.717, 1.165) is 22.5 Å². The molecule has 0 aliphatic carbocycles. The summed E-state index contributed by atoms with van der Waals surface area (Å²) in [5.41, 5.74) is 4.00. The molecule has 2 heterocycles. The topological polar surface area (TPSA) is 81.2 Å². The van der Waals surface area contributed by atoms with Crippen LogP contribution in [0.25, 0.3) is 5.70 Å². The van der Waals surface area contributed by atoms with Gasteiger partial charge in [0.05, 0.1) is 17.6 Å². The average molecular weight is 313 g/mol. The molecule has 0 unspecified atom stereocenters. The minimum Gasteiger partial charge on any atom is -0.349 e. The summed E-state index contributed by atoms with van der Waals surface area (Å²) in [7, 11) is 1.98. The molecule has 0 spiro atoms. The van der Waals surface area contributed by atoms with Crippen molar-refractivity contribution in [1.29, 1.82) is 0 Å². The molecule has 120 valence electrons. The molecule has 0 atom stereocenters. The summed E-state index contributed by atoms with van der Waals surface area (Å²) in [5.74, 6) is -2.80. The van der Waals surface area contributed by atoms with Gasteiger partial charge in [-0.15, -0.1) is 0 Å². The molecule has 0 saturated carbocycles. The third-order valence-electron chi connectivity index (χ3n) is 3.98. The third kappa shape index (κ3) is 3.05. The molecule has 3 N–H and O–H groups in total. The Morgan fingerprint density at radius 1 is 1.13 bits per heavy atom. The Labute approximate surface area is 134 Å². The number of aromatic nitrogens is 1. The van der Waals surface area contributed by atoms with Crippen LogP contribution in [0.15, 0.2) is 48.2 Å². The van der Waals surface area contributed by atoms with Gasteiger partial charge >= 0.3 is 5.97 Å². The van der Waals surface area contributed by atoms with Gasteiger partial charge in [0, 0.05) is 30.9 Å². The molecule has 0 radical (unpaired) electrons. The molecule has 0 bridgehead atoms. The first-order valence-corrected chi connectivity index (χ1v) is 7.29. The van der Waals surface area contributed by atoms with E-state index in [2.05, 4.69) is 11.7 Å². The SMILES string of the molecule is C=C1c2c(ccn2C)C=NN1CCc1ccc(C(O)(O)O)cc1. The fourth-order valence-corrected chi connectivity index (χ4v) is 2.67. The highest BCUT2D eigenvalue weighted by Crippen LogP contribution is 2.25. The Balaban J connectivity index is 1.67. The minimum atomic E-state index is -2.80. The first kappa shape index (κ1) is 15.5. The lowest BCUT2D eigenvalue weighted by molar-refractivity contribution is -0.323. The Morgan fingerprint density at radius 3 is 2.48 bits per heavy atom. The molecule has 6 nitrogen and oxygen atoms in total. The van der Waals surface area contributed by atoms with Gasteiger partial charge in [-0.3, -0.25) is 5.01 Å². The van der Waals surface area contributed by atoms with Crippen molar-refractivity contribution in [2.45, 2.75) is 12.4 Å². The van der Waals surface area contributed by atoms with Crippen LogP contribution >= 0.6 is 0 Å². The van der Waals surface area contributed by atoms with Gasteiger partial charge in [0.25, 0.3) is 0 Å². The Morgan fingerprint density at radius 2 is 1.83 bits per heavy atom. The molecule has 1 aromatic carbocycles. The van der Waals surface area contributed by atoms with E-state index in [-0.39, 0.29) is 5.56 Å². The first-order chi connectivity index (χ1) is 10.9. The van der Waals surface area contributed by atoms with Crippen molar-refractivity contribution >= 4 is 11.9 Å². The largest absolute Gasteiger partial charge is 0.349 e. The summed E-state index contributed by atoms with van der Waals surface area (Å²) >= 11 is 0. The number of benzene rings is 1. The quantitative estimate of drug-likeness (QED) is 0.735. The van der Waals surface area contributed by atoms with Gasteiger partial charge in [-0.2, -0.15) is 5.10 Å². The summed E-state index contributed by atoms with van der Waals surface area (Å²) in [6, 6.07) is 8.47. The zero-order valence-corrected chi connectivity index (χ0v) is 12.8. The van der Waals surface area contributed by atoms with Crippen molar-refractivity contribution < 1.29 is 15.3 Å². The Kier molecular flexibility index (Phi) is 3.81. The van der Waals surface area contributed by atoms with Crippen molar-refractivity contribution in [2.75, 3.05) is 6.54 Å². The molecule has 1 aliphatic heterocycles. The van der Waals surface area contributed by atoms with Gasteiger partial charge in [0.15, 0.2) is 0 Å². The van der Waals surface area contributed by atoms with Gasteiger partial charge in [0.1, 0.15) is 0 Å². The minimum absolute atomic E-state index is 0.0371. The van der Waals surface area contributed by atoms with Crippen LogP contribution in [-0.2, 0) is 19.4 Å². The smallest absolute Gasteiger partial charge is 0.304 e. The van der Waals surface area contributed by atoms with Gasteiger partial charge in [0.2, 0.25) is 0 Å². The van der Waals surface area contributed by atoms with Crippen molar-refractivity contribution in [3.8, 4) is 0 Å². The summed E-state index contributed by atoms with van der Waals surface area (Å²) < 4.78 is 2.02. The van der Waals surface area contributed by atoms with Gasteiger partial charge in [-0.25, -0.2) is 0 Å². The molecule has 0 fully saturated rings. The predicted octanol–water partition coefficient (Wildman–Crippen LogP) is 0.975. The van der Waals surface area contributed by atoms with Crippen molar-refractivity contribution in [3.63, 3.8) is 0 Å². The van der Waals surface area contributed by atoms with E-state index >= 15 is 0 Å².